The summed E-state index contributed by atoms with van der Waals surface area (Å²) in [5.41, 5.74) is 0.939. The van der Waals surface area contributed by atoms with Crippen molar-refractivity contribution in [3.05, 3.63) is 24.8 Å². The zero-order valence-electron chi connectivity index (χ0n) is 7.25. The maximum atomic E-state index is 4.00. The van der Waals surface area contributed by atoms with E-state index in [1.165, 1.54) is 0 Å². The van der Waals surface area contributed by atoms with Gasteiger partial charge in [-0.15, -0.1) is 10.2 Å². The fraction of sp³-hybridized carbons (Fsp3) is 0.250. The fourth-order valence-electron chi connectivity index (χ4n) is 1.13. The summed E-state index contributed by atoms with van der Waals surface area (Å²) >= 11 is 0. The molecule has 0 aliphatic heterocycles. The summed E-state index contributed by atoms with van der Waals surface area (Å²) in [4.78, 5) is 0. The third-order valence-electron chi connectivity index (χ3n) is 1.80. The molecule has 2 heterocycles. The first kappa shape index (κ1) is 7.85. The van der Waals surface area contributed by atoms with E-state index in [1.807, 2.05) is 17.6 Å². The highest BCUT2D eigenvalue weighted by atomic mass is 15.3. The highest BCUT2D eigenvalue weighted by molar-refractivity contribution is 5.52. The van der Waals surface area contributed by atoms with E-state index >= 15 is 0 Å². The molecule has 0 bridgehead atoms. The number of nitrogens with zero attached hydrogens (tertiary/aromatic N) is 5. The Morgan fingerprint density at radius 3 is 2.92 bits per heavy atom. The van der Waals surface area contributed by atoms with Gasteiger partial charge in [0.15, 0.2) is 5.82 Å². The molecule has 2 aromatic rings. The molecule has 0 N–H and O–H groups in total. The van der Waals surface area contributed by atoms with E-state index in [1.54, 1.807) is 18.7 Å². The lowest BCUT2D eigenvalue weighted by Crippen LogP contribution is -1.96. The lowest BCUT2D eigenvalue weighted by atomic mass is 10.3. The molecule has 5 nitrogen and oxygen atoms in total. The quantitative estimate of drug-likeness (QED) is 0.676. The van der Waals surface area contributed by atoms with Crippen molar-refractivity contribution in [1.82, 2.24) is 25.0 Å². The van der Waals surface area contributed by atoms with Crippen molar-refractivity contribution in [3.63, 3.8) is 0 Å². The summed E-state index contributed by atoms with van der Waals surface area (Å²) in [6, 6.07) is 1.86. The Morgan fingerprint density at radius 1 is 1.31 bits per heavy atom. The van der Waals surface area contributed by atoms with Crippen LogP contribution in [-0.2, 0) is 6.54 Å². The lowest BCUT2D eigenvalue weighted by Gasteiger charge is -2.00. The number of aromatic nitrogens is 5. The Hall–Kier alpha value is -1.78. The molecule has 0 amide bonds. The van der Waals surface area contributed by atoms with Gasteiger partial charge in [-0.2, -0.15) is 10.2 Å². The fourth-order valence-corrected chi connectivity index (χ4v) is 1.13. The van der Waals surface area contributed by atoms with Gasteiger partial charge in [0.25, 0.3) is 0 Å². The second-order valence-electron chi connectivity index (χ2n) is 2.57. The zero-order chi connectivity index (χ0) is 9.10. The summed E-state index contributed by atoms with van der Waals surface area (Å²) in [6.07, 6.45) is 5.02. The first-order chi connectivity index (χ1) is 6.42. The number of hydrogen-bond acceptors (Lipinski definition) is 4. The average molecular weight is 175 g/mol. The predicted octanol–water partition coefficient (Wildman–Crippen LogP) is 0.755. The smallest absolute Gasteiger partial charge is 0.165 e. The molecule has 0 aliphatic carbocycles. The first-order valence-electron chi connectivity index (χ1n) is 4.06. The van der Waals surface area contributed by atoms with Crippen LogP contribution in [-0.4, -0.2) is 25.0 Å². The van der Waals surface area contributed by atoms with Crippen LogP contribution >= 0.6 is 0 Å². The van der Waals surface area contributed by atoms with E-state index in [0.717, 1.165) is 17.9 Å². The van der Waals surface area contributed by atoms with Gasteiger partial charge < -0.3 is 4.57 Å². The van der Waals surface area contributed by atoms with Crippen LogP contribution in [0.4, 0.5) is 0 Å². The summed E-state index contributed by atoms with van der Waals surface area (Å²) in [7, 11) is 0. The Kier molecular flexibility index (Phi) is 1.99. The molecule has 0 saturated heterocycles. The van der Waals surface area contributed by atoms with Gasteiger partial charge in [-0.3, -0.25) is 0 Å². The van der Waals surface area contributed by atoms with E-state index in [4.69, 9.17) is 0 Å². The van der Waals surface area contributed by atoms with Crippen LogP contribution < -0.4 is 0 Å². The van der Waals surface area contributed by atoms with Crippen molar-refractivity contribution >= 4 is 0 Å². The largest absolute Gasteiger partial charge is 0.314 e. The molecule has 2 aromatic heterocycles. The highest BCUT2D eigenvalue weighted by Crippen LogP contribution is 2.13. The normalized spacial score (nSPS) is 10.2. The molecule has 0 fully saturated rings. The number of rotatable bonds is 2. The molecule has 2 rings (SSSR count). The number of hydrogen-bond donors (Lipinski definition) is 0. The Bertz CT molecular complexity index is 380. The van der Waals surface area contributed by atoms with Crippen molar-refractivity contribution in [2.45, 2.75) is 13.5 Å². The third-order valence-corrected chi connectivity index (χ3v) is 1.80. The third kappa shape index (κ3) is 1.40. The molecule has 66 valence electrons. The summed E-state index contributed by atoms with van der Waals surface area (Å²) in [6.45, 7) is 2.89. The van der Waals surface area contributed by atoms with Gasteiger partial charge in [-0.1, -0.05) is 0 Å². The highest BCUT2D eigenvalue weighted by Gasteiger charge is 2.04. The van der Waals surface area contributed by atoms with Gasteiger partial charge in [0, 0.05) is 12.1 Å². The number of aryl methyl sites for hydroxylation is 1. The van der Waals surface area contributed by atoms with E-state index < -0.39 is 0 Å². The molecule has 0 atom stereocenters. The van der Waals surface area contributed by atoms with Crippen LogP contribution in [0.15, 0.2) is 24.8 Å². The second kappa shape index (κ2) is 3.30. The maximum absolute atomic E-state index is 4.00. The van der Waals surface area contributed by atoms with Gasteiger partial charge in [0.05, 0.1) is 12.4 Å². The van der Waals surface area contributed by atoms with Crippen LogP contribution in [0.3, 0.4) is 0 Å². The van der Waals surface area contributed by atoms with E-state index in [0.29, 0.717) is 0 Å². The molecule has 0 unspecified atom stereocenters. The van der Waals surface area contributed by atoms with Crippen molar-refractivity contribution < 1.29 is 0 Å². The van der Waals surface area contributed by atoms with Crippen LogP contribution in [0.25, 0.3) is 11.4 Å². The second-order valence-corrected chi connectivity index (χ2v) is 2.57. The molecular formula is C8H9N5. The van der Waals surface area contributed by atoms with Crippen LogP contribution in [0.5, 0.6) is 0 Å². The van der Waals surface area contributed by atoms with Crippen molar-refractivity contribution in [1.29, 1.82) is 0 Å². The average Bonchev–Trinajstić information content (AvgIpc) is 2.67. The Labute approximate surface area is 75.5 Å². The summed E-state index contributed by atoms with van der Waals surface area (Å²) < 4.78 is 1.96. The van der Waals surface area contributed by atoms with Crippen molar-refractivity contribution in [2.24, 2.45) is 0 Å². The molecule has 0 spiro atoms. The van der Waals surface area contributed by atoms with Crippen LogP contribution in [0.2, 0.25) is 0 Å². The van der Waals surface area contributed by atoms with E-state index in [-0.39, 0.29) is 0 Å². The van der Waals surface area contributed by atoms with E-state index in [9.17, 15) is 0 Å². The summed E-state index contributed by atoms with van der Waals surface area (Å²) in [5.74, 6) is 0.831. The molecule has 5 heteroatoms. The van der Waals surface area contributed by atoms with Crippen LogP contribution in [0.1, 0.15) is 6.92 Å². The van der Waals surface area contributed by atoms with Crippen molar-refractivity contribution in [2.75, 3.05) is 0 Å². The van der Waals surface area contributed by atoms with E-state index in [2.05, 4.69) is 20.4 Å². The topological polar surface area (TPSA) is 56.5 Å². The van der Waals surface area contributed by atoms with Gasteiger partial charge in [-0.05, 0) is 13.0 Å². The standard InChI is InChI=1S/C8H9N5/c1-2-13-6-11-12-8(13)7-3-4-9-10-5-7/h3-6H,2H2,1H3. The van der Waals surface area contributed by atoms with Gasteiger partial charge >= 0.3 is 0 Å². The molecule has 0 saturated carbocycles. The minimum Gasteiger partial charge on any atom is -0.314 e. The van der Waals surface area contributed by atoms with Crippen molar-refractivity contribution in [3.8, 4) is 11.4 Å². The molecule has 0 aliphatic rings. The molecule has 0 radical (unpaired) electrons. The lowest BCUT2D eigenvalue weighted by molar-refractivity contribution is 0.766. The molecule has 13 heavy (non-hydrogen) atoms. The first-order valence-corrected chi connectivity index (χ1v) is 4.06. The van der Waals surface area contributed by atoms with Gasteiger partial charge in [-0.25, -0.2) is 0 Å². The minimum absolute atomic E-state index is 0.831. The Morgan fingerprint density at radius 2 is 2.23 bits per heavy atom. The maximum Gasteiger partial charge on any atom is 0.165 e. The van der Waals surface area contributed by atoms with Gasteiger partial charge in [0.2, 0.25) is 0 Å². The SMILES string of the molecule is CCn1cnnc1-c1ccnnc1. The minimum atomic E-state index is 0.831. The zero-order valence-corrected chi connectivity index (χ0v) is 7.25. The molecular weight excluding hydrogens is 166 g/mol. The monoisotopic (exact) mass is 175 g/mol. The van der Waals surface area contributed by atoms with Crippen LogP contribution in [0, 0.1) is 0 Å². The predicted molar refractivity (Wildman–Crippen MR) is 46.7 cm³/mol. The molecule has 0 aromatic carbocycles. The summed E-state index contributed by atoms with van der Waals surface area (Å²) in [5, 5.41) is 15.3. The van der Waals surface area contributed by atoms with Gasteiger partial charge in [0.1, 0.15) is 6.33 Å². The Balaban J connectivity index is 2.47.